The molecule has 0 saturated heterocycles. The van der Waals surface area contributed by atoms with E-state index in [4.69, 9.17) is 26.2 Å². The van der Waals surface area contributed by atoms with Gasteiger partial charge in [-0.15, -0.1) is 0 Å². The van der Waals surface area contributed by atoms with Crippen molar-refractivity contribution in [3.8, 4) is 17.6 Å². The Balaban J connectivity index is 1.78. The maximum absolute atomic E-state index is 12.5. The Kier molecular flexibility index (Phi) is 7.91. The monoisotopic (exact) mass is 476 g/mol. The van der Waals surface area contributed by atoms with E-state index < -0.39 is 11.9 Å². The van der Waals surface area contributed by atoms with Gasteiger partial charge < -0.3 is 19.9 Å². The molecule has 0 aliphatic heterocycles. The molecule has 0 aliphatic carbocycles. The third-order valence-corrected chi connectivity index (χ3v) is 5.10. The Morgan fingerprint density at radius 3 is 2.38 bits per heavy atom. The van der Waals surface area contributed by atoms with Crippen molar-refractivity contribution >= 4 is 35.2 Å². The van der Waals surface area contributed by atoms with E-state index in [1.165, 1.54) is 25.3 Å². The van der Waals surface area contributed by atoms with E-state index in [0.717, 1.165) is 11.1 Å². The van der Waals surface area contributed by atoms with E-state index in [-0.39, 0.29) is 28.5 Å². The van der Waals surface area contributed by atoms with Crippen LogP contribution in [0.3, 0.4) is 0 Å². The number of carboxylic acids is 1. The molecule has 0 saturated carbocycles. The molecule has 2 N–H and O–H groups in total. The van der Waals surface area contributed by atoms with E-state index >= 15 is 0 Å². The molecule has 3 aromatic carbocycles. The third-order valence-electron chi connectivity index (χ3n) is 4.82. The quantitative estimate of drug-likeness (QED) is 0.329. The summed E-state index contributed by atoms with van der Waals surface area (Å²) < 4.78 is 11.2. The molecule has 0 spiro atoms. The van der Waals surface area contributed by atoms with E-state index in [2.05, 4.69) is 5.32 Å². The number of hydrogen-bond donors (Lipinski definition) is 2. The van der Waals surface area contributed by atoms with Gasteiger partial charge in [0.25, 0.3) is 5.91 Å². The fourth-order valence-electron chi connectivity index (χ4n) is 3.01. The fraction of sp³-hybridized carbons (Fsp3) is 0.115. The van der Waals surface area contributed by atoms with Crippen molar-refractivity contribution in [1.29, 1.82) is 5.26 Å². The number of nitrogens with one attached hydrogen (secondary N) is 1. The van der Waals surface area contributed by atoms with E-state index in [1.54, 1.807) is 36.4 Å². The van der Waals surface area contributed by atoms with Gasteiger partial charge in [-0.2, -0.15) is 5.26 Å². The average molecular weight is 477 g/mol. The maximum atomic E-state index is 12.5. The van der Waals surface area contributed by atoms with Gasteiger partial charge in [0.15, 0.2) is 11.5 Å². The minimum Gasteiger partial charge on any atom is -0.493 e. The summed E-state index contributed by atoms with van der Waals surface area (Å²) in [5, 5.41) is 21.4. The molecular weight excluding hydrogens is 456 g/mol. The van der Waals surface area contributed by atoms with Crippen LogP contribution in [0, 0.1) is 18.3 Å². The number of carboxylic acid groups (broad SMARTS) is 1. The van der Waals surface area contributed by atoms with Gasteiger partial charge in [0.2, 0.25) is 0 Å². The van der Waals surface area contributed by atoms with Gasteiger partial charge in [0, 0.05) is 5.69 Å². The molecule has 0 heterocycles. The molecule has 0 aromatic heterocycles. The zero-order chi connectivity index (χ0) is 24.7. The van der Waals surface area contributed by atoms with Crippen LogP contribution >= 0.6 is 11.6 Å². The molecule has 0 atom stereocenters. The molecule has 34 heavy (non-hydrogen) atoms. The summed E-state index contributed by atoms with van der Waals surface area (Å²) >= 11 is 6.40. The number of amides is 1. The second-order valence-corrected chi connectivity index (χ2v) is 7.72. The Labute approximate surface area is 201 Å². The lowest BCUT2D eigenvalue weighted by molar-refractivity contribution is -0.112. The number of methoxy groups -OCH3 is 1. The first-order chi connectivity index (χ1) is 16.3. The van der Waals surface area contributed by atoms with Gasteiger partial charge in [-0.25, -0.2) is 4.79 Å². The van der Waals surface area contributed by atoms with Gasteiger partial charge in [-0.05, 0) is 60.5 Å². The van der Waals surface area contributed by atoms with Crippen molar-refractivity contribution < 1.29 is 24.2 Å². The van der Waals surface area contributed by atoms with Crippen LogP contribution in [0.25, 0.3) is 6.08 Å². The Morgan fingerprint density at radius 2 is 1.79 bits per heavy atom. The minimum absolute atomic E-state index is 0.106. The van der Waals surface area contributed by atoms with Crippen LogP contribution in [0.4, 0.5) is 5.69 Å². The summed E-state index contributed by atoms with van der Waals surface area (Å²) in [4.78, 5) is 23.5. The summed E-state index contributed by atoms with van der Waals surface area (Å²) in [6.07, 6.45) is 1.41. The van der Waals surface area contributed by atoms with Crippen LogP contribution in [0.15, 0.2) is 66.2 Å². The standard InChI is InChI=1S/C26H21ClN2O5/c1-16-3-9-21(10-4-16)29-25(30)20(14-28)11-18-12-22(27)24(23(13-18)33-2)34-15-17-5-7-19(8-6-17)26(31)32/h3-13H,15H2,1-2H3,(H,29,30)(H,31,32). The molecule has 0 fully saturated rings. The highest BCUT2D eigenvalue weighted by molar-refractivity contribution is 6.32. The summed E-state index contributed by atoms with van der Waals surface area (Å²) in [6, 6.07) is 18.5. The fourth-order valence-corrected chi connectivity index (χ4v) is 3.29. The average Bonchev–Trinajstić information content (AvgIpc) is 2.83. The highest BCUT2D eigenvalue weighted by atomic mass is 35.5. The number of nitriles is 1. The number of carbonyl (C=O) groups excluding carboxylic acids is 1. The SMILES string of the molecule is COc1cc(C=C(C#N)C(=O)Nc2ccc(C)cc2)cc(Cl)c1OCc1ccc(C(=O)O)cc1. The molecule has 8 heteroatoms. The van der Waals surface area contributed by atoms with Crippen molar-refractivity contribution in [3.63, 3.8) is 0 Å². The predicted molar refractivity (Wildman–Crippen MR) is 129 cm³/mol. The maximum Gasteiger partial charge on any atom is 0.335 e. The molecule has 3 aromatic rings. The highest BCUT2D eigenvalue weighted by Gasteiger charge is 2.15. The summed E-state index contributed by atoms with van der Waals surface area (Å²) in [6.45, 7) is 2.07. The van der Waals surface area contributed by atoms with E-state index in [0.29, 0.717) is 17.0 Å². The zero-order valence-electron chi connectivity index (χ0n) is 18.5. The molecule has 0 radical (unpaired) electrons. The number of ether oxygens (including phenoxy) is 2. The second-order valence-electron chi connectivity index (χ2n) is 7.31. The van der Waals surface area contributed by atoms with Crippen molar-refractivity contribution in [3.05, 3.63) is 93.5 Å². The number of rotatable bonds is 8. The molecular formula is C26H21ClN2O5. The largest absolute Gasteiger partial charge is 0.493 e. The van der Waals surface area contributed by atoms with E-state index in [9.17, 15) is 14.9 Å². The first kappa shape index (κ1) is 24.4. The molecule has 172 valence electrons. The second kappa shape index (κ2) is 11.0. The molecule has 1 amide bonds. The Morgan fingerprint density at radius 1 is 1.12 bits per heavy atom. The van der Waals surface area contributed by atoms with E-state index in [1.807, 2.05) is 25.1 Å². The van der Waals surface area contributed by atoms with Gasteiger partial charge in [0.1, 0.15) is 18.2 Å². The number of anilines is 1. The summed E-state index contributed by atoms with van der Waals surface area (Å²) in [7, 11) is 1.45. The lowest BCUT2D eigenvalue weighted by Gasteiger charge is -2.14. The number of aryl methyl sites for hydroxylation is 1. The normalized spacial score (nSPS) is 10.8. The van der Waals surface area contributed by atoms with Crippen LogP contribution in [0.5, 0.6) is 11.5 Å². The molecule has 3 rings (SSSR count). The van der Waals surface area contributed by atoms with Crippen molar-refractivity contribution in [2.75, 3.05) is 12.4 Å². The van der Waals surface area contributed by atoms with Crippen molar-refractivity contribution in [2.45, 2.75) is 13.5 Å². The number of nitrogens with zero attached hydrogens (tertiary/aromatic N) is 1. The van der Waals surface area contributed by atoms with Crippen molar-refractivity contribution in [2.24, 2.45) is 0 Å². The van der Waals surface area contributed by atoms with Crippen LogP contribution in [-0.4, -0.2) is 24.1 Å². The van der Waals surface area contributed by atoms with Crippen LogP contribution in [-0.2, 0) is 11.4 Å². The highest BCUT2D eigenvalue weighted by Crippen LogP contribution is 2.37. The Hall–Kier alpha value is -4.28. The molecule has 0 unspecified atom stereocenters. The van der Waals surface area contributed by atoms with Crippen LogP contribution < -0.4 is 14.8 Å². The smallest absolute Gasteiger partial charge is 0.335 e. The van der Waals surface area contributed by atoms with Gasteiger partial charge >= 0.3 is 5.97 Å². The van der Waals surface area contributed by atoms with Gasteiger partial charge in [-0.3, -0.25) is 4.79 Å². The first-order valence-electron chi connectivity index (χ1n) is 10.1. The number of halogens is 1. The summed E-state index contributed by atoms with van der Waals surface area (Å²) in [5.74, 6) is -0.958. The lowest BCUT2D eigenvalue weighted by Crippen LogP contribution is -2.13. The molecule has 7 nitrogen and oxygen atoms in total. The number of hydrogen-bond acceptors (Lipinski definition) is 5. The van der Waals surface area contributed by atoms with Crippen molar-refractivity contribution in [1.82, 2.24) is 0 Å². The zero-order valence-corrected chi connectivity index (χ0v) is 19.2. The van der Waals surface area contributed by atoms with Gasteiger partial charge in [-0.1, -0.05) is 41.4 Å². The topological polar surface area (TPSA) is 109 Å². The minimum atomic E-state index is -1.01. The molecule has 0 aliphatic rings. The third kappa shape index (κ3) is 6.15. The van der Waals surface area contributed by atoms with Crippen LogP contribution in [0.2, 0.25) is 5.02 Å². The predicted octanol–water partition coefficient (Wildman–Crippen LogP) is 5.48. The van der Waals surface area contributed by atoms with Crippen LogP contribution in [0.1, 0.15) is 27.0 Å². The first-order valence-corrected chi connectivity index (χ1v) is 10.5. The Bertz CT molecular complexity index is 1280. The summed E-state index contributed by atoms with van der Waals surface area (Å²) in [5.41, 5.74) is 2.92. The van der Waals surface area contributed by atoms with Gasteiger partial charge in [0.05, 0.1) is 17.7 Å². The molecule has 0 bridgehead atoms. The number of carbonyl (C=O) groups is 2. The number of benzene rings is 3. The lowest BCUT2D eigenvalue weighted by atomic mass is 10.1. The number of aromatic carboxylic acids is 1.